The van der Waals surface area contributed by atoms with Gasteiger partial charge in [0.05, 0.1) is 10.1 Å². The Kier molecular flexibility index (Phi) is 2.79. The van der Waals surface area contributed by atoms with Gasteiger partial charge >= 0.3 is 0 Å². The van der Waals surface area contributed by atoms with E-state index in [9.17, 15) is 5.11 Å². The van der Waals surface area contributed by atoms with Gasteiger partial charge in [0.1, 0.15) is 5.82 Å². The van der Waals surface area contributed by atoms with Crippen LogP contribution < -0.4 is 11.1 Å². The second kappa shape index (κ2) is 3.94. The molecule has 1 aliphatic carbocycles. The second-order valence-corrected chi connectivity index (χ2v) is 4.71. The molecule has 82 valence electrons. The summed E-state index contributed by atoms with van der Waals surface area (Å²) in [5.74, 6) is 0.851. The highest BCUT2D eigenvalue weighted by Gasteiger charge is 2.34. The van der Waals surface area contributed by atoms with Gasteiger partial charge in [0.2, 0.25) is 5.95 Å². The first-order valence-electron chi connectivity index (χ1n) is 4.83. The highest BCUT2D eigenvalue weighted by molar-refractivity contribution is 9.10. The van der Waals surface area contributed by atoms with Crippen molar-refractivity contribution in [3.8, 4) is 0 Å². The number of halogens is 1. The van der Waals surface area contributed by atoms with Gasteiger partial charge in [-0.15, -0.1) is 0 Å². The molecule has 15 heavy (non-hydrogen) atoms. The van der Waals surface area contributed by atoms with Crippen LogP contribution in [0, 0.1) is 0 Å². The van der Waals surface area contributed by atoms with E-state index in [2.05, 4.69) is 31.2 Å². The number of anilines is 2. The van der Waals surface area contributed by atoms with E-state index in [1.54, 1.807) is 6.20 Å². The average molecular weight is 273 g/mol. The number of hydrogen-bond acceptors (Lipinski definition) is 5. The largest absolute Gasteiger partial charge is 0.388 e. The molecule has 5 nitrogen and oxygen atoms in total. The summed E-state index contributed by atoms with van der Waals surface area (Å²) in [6.45, 7) is 0.502. The molecule has 1 aromatic heterocycles. The van der Waals surface area contributed by atoms with Gasteiger partial charge in [0, 0.05) is 12.7 Å². The van der Waals surface area contributed by atoms with Gasteiger partial charge in [-0.25, -0.2) is 4.98 Å². The summed E-state index contributed by atoms with van der Waals surface area (Å²) in [7, 11) is 0. The fraction of sp³-hybridized carbons (Fsp3) is 0.556. The molecule has 0 bridgehead atoms. The summed E-state index contributed by atoms with van der Waals surface area (Å²) in [6.07, 6.45) is 4.37. The first-order valence-corrected chi connectivity index (χ1v) is 5.63. The molecule has 1 heterocycles. The molecule has 1 fully saturated rings. The van der Waals surface area contributed by atoms with Crippen molar-refractivity contribution in [1.29, 1.82) is 0 Å². The van der Waals surface area contributed by atoms with Crippen molar-refractivity contribution in [2.24, 2.45) is 0 Å². The zero-order chi connectivity index (χ0) is 10.9. The average Bonchev–Trinajstić information content (AvgIpc) is 2.17. The van der Waals surface area contributed by atoms with E-state index in [0.717, 1.165) is 23.7 Å². The van der Waals surface area contributed by atoms with Gasteiger partial charge in [-0.3, -0.25) is 0 Å². The Balaban J connectivity index is 2.01. The Morgan fingerprint density at radius 1 is 1.60 bits per heavy atom. The summed E-state index contributed by atoms with van der Waals surface area (Å²) in [4.78, 5) is 7.87. The molecular formula is C9H13BrN4O. The molecule has 0 spiro atoms. The first-order chi connectivity index (χ1) is 7.09. The molecule has 1 aliphatic rings. The minimum atomic E-state index is -0.570. The van der Waals surface area contributed by atoms with Crippen LogP contribution in [0.2, 0.25) is 0 Å². The summed E-state index contributed by atoms with van der Waals surface area (Å²) in [5.41, 5.74) is 4.90. The molecule has 0 aliphatic heterocycles. The van der Waals surface area contributed by atoms with Crippen LogP contribution >= 0.6 is 15.9 Å². The number of rotatable bonds is 3. The maximum absolute atomic E-state index is 9.88. The third-order valence-corrected chi connectivity index (χ3v) is 3.21. The van der Waals surface area contributed by atoms with Crippen LogP contribution in [0.5, 0.6) is 0 Å². The minimum absolute atomic E-state index is 0.223. The van der Waals surface area contributed by atoms with Crippen molar-refractivity contribution in [2.45, 2.75) is 24.9 Å². The highest BCUT2D eigenvalue weighted by atomic mass is 79.9. The molecule has 6 heteroatoms. The topological polar surface area (TPSA) is 84.1 Å². The Labute approximate surface area is 96.2 Å². The van der Waals surface area contributed by atoms with Gasteiger partial charge in [-0.2, -0.15) is 4.98 Å². The number of aliphatic hydroxyl groups is 1. The molecular weight excluding hydrogens is 260 g/mol. The normalized spacial score (nSPS) is 18.3. The standard InChI is InChI=1S/C9H13BrN4O/c10-6-4-12-8(11)14-7(6)13-5-9(15)2-1-3-9/h4,15H,1-3,5H2,(H3,11,12,13,14). The van der Waals surface area contributed by atoms with Crippen molar-refractivity contribution in [2.75, 3.05) is 17.6 Å². The van der Waals surface area contributed by atoms with Crippen molar-refractivity contribution < 1.29 is 5.11 Å². The minimum Gasteiger partial charge on any atom is -0.388 e. The Morgan fingerprint density at radius 3 is 2.93 bits per heavy atom. The predicted molar refractivity (Wildman–Crippen MR) is 61.4 cm³/mol. The Bertz CT molecular complexity index is 367. The Morgan fingerprint density at radius 2 is 2.33 bits per heavy atom. The van der Waals surface area contributed by atoms with Crippen LogP contribution in [-0.4, -0.2) is 27.2 Å². The third-order valence-electron chi connectivity index (χ3n) is 2.63. The van der Waals surface area contributed by atoms with Crippen molar-refractivity contribution in [3.05, 3.63) is 10.7 Å². The number of nitrogens with zero attached hydrogens (tertiary/aromatic N) is 2. The molecule has 0 unspecified atom stereocenters. The smallest absolute Gasteiger partial charge is 0.221 e. The molecule has 0 aromatic carbocycles. The molecule has 4 N–H and O–H groups in total. The lowest BCUT2D eigenvalue weighted by molar-refractivity contribution is -0.0202. The molecule has 0 saturated heterocycles. The predicted octanol–water partition coefficient (Wildman–Crippen LogP) is 1.15. The van der Waals surface area contributed by atoms with E-state index in [1.807, 2.05) is 0 Å². The van der Waals surface area contributed by atoms with Gasteiger partial charge in [-0.05, 0) is 35.2 Å². The van der Waals surface area contributed by atoms with Gasteiger partial charge in [0.25, 0.3) is 0 Å². The van der Waals surface area contributed by atoms with Crippen LogP contribution in [0.1, 0.15) is 19.3 Å². The van der Waals surface area contributed by atoms with Gasteiger partial charge in [-0.1, -0.05) is 0 Å². The van der Waals surface area contributed by atoms with E-state index in [4.69, 9.17) is 5.73 Å². The van der Waals surface area contributed by atoms with Gasteiger partial charge < -0.3 is 16.2 Å². The van der Waals surface area contributed by atoms with E-state index in [-0.39, 0.29) is 5.95 Å². The van der Waals surface area contributed by atoms with E-state index < -0.39 is 5.60 Å². The lowest BCUT2D eigenvalue weighted by atomic mass is 9.80. The highest BCUT2D eigenvalue weighted by Crippen LogP contribution is 2.32. The van der Waals surface area contributed by atoms with Crippen LogP contribution in [0.3, 0.4) is 0 Å². The molecule has 2 rings (SSSR count). The number of nitrogens with two attached hydrogens (primary N) is 1. The van der Waals surface area contributed by atoms with Crippen LogP contribution in [0.4, 0.5) is 11.8 Å². The van der Waals surface area contributed by atoms with E-state index in [1.165, 1.54) is 0 Å². The number of nitrogen functional groups attached to an aromatic ring is 1. The summed E-state index contributed by atoms with van der Waals surface area (Å²) in [5, 5.41) is 12.9. The van der Waals surface area contributed by atoms with Crippen molar-refractivity contribution in [3.63, 3.8) is 0 Å². The molecule has 0 amide bonds. The fourth-order valence-electron chi connectivity index (χ4n) is 1.51. The SMILES string of the molecule is Nc1ncc(Br)c(NCC2(O)CCC2)n1. The number of hydrogen-bond donors (Lipinski definition) is 3. The fourth-order valence-corrected chi connectivity index (χ4v) is 1.85. The Hall–Kier alpha value is -0.880. The number of aromatic nitrogens is 2. The van der Waals surface area contributed by atoms with Crippen molar-refractivity contribution >= 4 is 27.7 Å². The maximum Gasteiger partial charge on any atom is 0.221 e. The zero-order valence-electron chi connectivity index (χ0n) is 8.20. The van der Waals surface area contributed by atoms with Crippen molar-refractivity contribution in [1.82, 2.24) is 9.97 Å². The zero-order valence-corrected chi connectivity index (χ0v) is 9.79. The summed E-state index contributed by atoms with van der Waals surface area (Å²) < 4.78 is 0.750. The van der Waals surface area contributed by atoms with Crippen LogP contribution in [0.25, 0.3) is 0 Å². The van der Waals surface area contributed by atoms with E-state index in [0.29, 0.717) is 12.4 Å². The third kappa shape index (κ3) is 2.38. The summed E-state index contributed by atoms with van der Waals surface area (Å²) >= 11 is 3.31. The first kappa shape index (κ1) is 10.6. The lowest BCUT2D eigenvalue weighted by Crippen LogP contribution is -2.43. The molecule has 1 aromatic rings. The summed E-state index contributed by atoms with van der Waals surface area (Å²) in [6, 6.07) is 0. The maximum atomic E-state index is 9.88. The second-order valence-electron chi connectivity index (χ2n) is 3.86. The van der Waals surface area contributed by atoms with Crippen LogP contribution in [0.15, 0.2) is 10.7 Å². The molecule has 0 atom stereocenters. The molecule has 0 radical (unpaired) electrons. The number of nitrogens with one attached hydrogen (secondary N) is 1. The quantitative estimate of drug-likeness (QED) is 0.769. The van der Waals surface area contributed by atoms with Gasteiger partial charge in [0.15, 0.2) is 0 Å². The van der Waals surface area contributed by atoms with E-state index >= 15 is 0 Å². The van der Waals surface area contributed by atoms with Crippen LogP contribution in [-0.2, 0) is 0 Å². The monoisotopic (exact) mass is 272 g/mol. The lowest BCUT2D eigenvalue weighted by Gasteiger charge is -2.36. The molecule has 1 saturated carbocycles.